The summed E-state index contributed by atoms with van der Waals surface area (Å²) < 4.78 is 0. The van der Waals surface area contributed by atoms with Crippen LogP contribution in [0.5, 0.6) is 0 Å². The van der Waals surface area contributed by atoms with E-state index < -0.39 is 0 Å². The summed E-state index contributed by atoms with van der Waals surface area (Å²) in [5.74, 6) is 1.05. The van der Waals surface area contributed by atoms with Gasteiger partial charge in [0, 0.05) is 10.2 Å². The van der Waals surface area contributed by atoms with Crippen LogP contribution in [0.15, 0.2) is 0 Å². The topological polar surface area (TPSA) is 0 Å². The van der Waals surface area contributed by atoms with Gasteiger partial charge in [-0.15, -0.1) is 0 Å². The molecule has 0 aliphatic heterocycles. The minimum Gasteiger partial charge on any atom is -0.0656 e. The van der Waals surface area contributed by atoms with Crippen LogP contribution in [0.25, 0.3) is 0 Å². The van der Waals surface area contributed by atoms with Gasteiger partial charge in [0.2, 0.25) is 0 Å². The van der Waals surface area contributed by atoms with Crippen molar-refractivity contribution in [3.8, 4) is 0 Å². The second-order valence-corrected chi connectivity index (χ2v) is 4.21. The zero-order valence-corrected chi connectivity index (χ0v) is 9.82. The quantitative estimate of drug-likeness (QED) is 0.521. The largest absolute Gasteiger partial charge is 0.0656 e. The summed E-state index contributed by atoms with van der Waals surface area (Å²) >= 11 is 0. The molecule has 0 nitrogen and oxygen atoms in total. The molecular weight excluding hydrogens is 136 g/mol. The van der Waals surface area contributed by atoms with Gasteiger partial charge >= 0.3 is 0 Å². The number of rotatable bonds is 6. The van der Waals surface area contributed by atoms with E-state index in [1.54, 1.807) is 0 Å². The lowest BCUT2D eigenvalue weighted by Gasteiger charge is -2.11. The number of hydrogen-bond donors (Lipinski definition) is 0. The second-order valence-electron chi connectivity index (χ2n) is 3.21. The lowest BCUT2D eigenvalue weighted by atomic mass is 9.97. The molecule has 0 aliphatic rings. The Hall–Kier alpha value is 0.217. The second kappa shape index (κ2) is 7.33. The fourth-order valence-electron chi connectivity index (χ4n) is 1.45. The molecule has 0 aromatic heterocycles. The zero-order chi connectivity index (χ0) is 7.82. The molecule has 0 saturated carbocycles. The first kappa shape index (κ1) is 10.2. The van der Waals surface area contributed by atoms with E-state index in [1.165, 1.54) is 48.4 Å². The molecule has 1 unspecified atom stereocenters. The van der Waals surface area contributed by atoms with Gasteiger partial charge in [0.1, 0.15) is 0 Å². The van der Waals surface area contributed by atoms with E-state index in [9.17, 15) is 0 Å². The Morgan fingerprint density at radius 2 is 1.90 bits per heavy atom. The summed E-state index contributed by atoms with van der Waals surface area (Å²) in [6, 6.07) is 1.50. The molecule has 0 amide bonds. The van der Waals surface area contributed by atoms with Crippen molar-refractivity contribution < 1.29 is 0 Å². The Balaban J connectivity index is 3.21. The molecule has 0 N–H and O–H groups in total. The van der Waals surface area contributed by atoms with Crippen molar-refractivity contribution in [1.82, 2.24) is 0 Å². The maximum Gasteiger partial charge on any atom is 0.00281 e. The van der Waals surface area contributed by atoms with Crippen molar-refractivity contribution in [2.24, 2.45) is 5.92 Å². The molecule has 0 spiro atoms. The highest BCUT2D eigenvalue weighted by molar-refractivity contribution is 6.08. The van der Waals surface area contributed by atoms with Crippen LogP contribution in [-0.2, 0) is 0 Å². The van der Waals surface area contributed by atoms with Crippen LogP contribution in [0.1, 0.15) is 46.0 Å². The molecule has 0 rings (SSSR count). The molecule has 0 heterocycles. The predicted molar refractivity (Wildman–Crippen MR) is 52.7 cm³/mol. The van der Waals surface area contributed by atoms with Crippen LogP contribution in [-0.4, -0.2) is 10.2 Å². The number of hydrogen-bond acceptors (Lipinski definition) is 0. The lowest BCUT2D eigenvalue weighted by molar-refractivity contribution is 0.438. The SMILES string of the molecule is CCCCC(CC)CC[SiH3]. The van der Waals surface area contributed by atoms with E-state index in [-0.39, 0.29) is 0 Å². The van der Waals surface area contributed by atoms with E-state index in [0.717, 1.165) is 5.92 Å². The average molecular weight is 158 g/mol. The Labute approximate surface area is 68.8 Å². The van der Waals surface area contributed by atoms with Crippen LogP contribution in [0.3, 0.4) is 0 Å². The summed E-state index contributed by atoms with van der Waals surface area (Å²) in [5, 5.41) is 0. The van der Waals surface area contributed by atoms with Gasteiger partial charge in [0.25, 0.3) is 0 Å². The van der Waals surface area contributed by atoms with Crippen molar-refractivity contribution in [3.05, 3.63) is 0 Å². The van der Waals surface area contributed by atoms with Crippen LogP contribution in [0.4, 0.5) is 0 Å². The highest BCUT2D eigenvalue weighted by atomic mass is 28.1. The standard InChI is InChI=1S/C9H22Si/c1-3-5-6-9(4-2)7-8-10/h9H,3-8H2,1-2,10H3. The molecule has 0 fully saturated rings. The molecule has 0 aromatic carbocycles. The number of unbranched alkanes of at least 4 members (excludes halogenated alkanes) is 1. The highest BCUT2D eigenvalue weighted by Crippen LogP contribution is 2.17. The van der Waals surface area contributed by atoms with Gasteiger partial charge in [-0.1, -0.05) is 52.0 Å². The Morgan fingerprint density at radius 3 is 2.30 bits per heavy atom. The van der Waals surface area contributed by atoms with E-state index in [4.69, 9.17) is 0 Å². The average Bonchev–Trinajstić information content (AvgIpc) is 1.98. The van der Waals surface area contributed by atoms with Crippen LogP contribution >= 0.6 is 0 Å². The minimum atomic E-state index is 1.05. The molecule has 0 radical (unpaired) electrons. The molecule has 0 saturated heterocycles. The molecular formula is C9H22Si. The summed E-state index contributed by atoms with van der Waals surface area (Å²) in [6.45, 7) is 4.62. The highest BCUT2D eigenvalue weighted by Gasteiger charge is 2.02. The van der Waals surface area contributed by atoms with E-state index >= 15 is 0 Å². The Bertz CT molecular complexity index is 61.7. The van der Waals surface area contributed by atoms with E-state index in [2.05, 4.69) is 13.8 Å². The monoisotopic (exact) mass is 158 g/mol. The van der Waals surface area contributed by atoms with Gasteiger partial charge in [0.05, 0.1) is 0 Å². The first-order chi connectivity index (χ1) is 4.85. The maximum absolute atomic E-state index is 2.33. The summed E-state index contributed by atoms with van der Waals surface area (Å²) in [5.41, 5.74) is 0. The van der Waals surface area contributed by atoms with Gasteiger partial charge in [-0.3, -0.25) is 0 Å². The van der Waals surface area contributed by atoms with Gasteiger partial charge in [0.15, 0.2) is 0 Å². The lowest BCUT2D eigenvalue weighted by Crippen LogP contribution is -1.97. The third-order valence-electron chi connectivity index (χ3n) is 2.24. The summed E-state index contributed by atoms with van der Waals surface area (Å²) in [7, 11) is 1.40. The molecule has 1 heteroatoms. The zero-order valence-electron chi connectivity index (χ0n) is 7.82. The molecule has 62 valence electrons. The van der Waals surface area contributed by atoms with Crippen LogP contribution < -0.4 is 0 Å². The maximum atomic E-state index is 2.33. The normalized spacial score (nSPS) is 13.8. The van der Waals surface area contributed by atoms with Crippen molar-refractivity contribution in [1.29, 1.82) is 0 Å². The predicted octanol–water partition coefficient (Wildman–Crippen LogP) is 2.38. The van der Waals surface area contributed by atoms with Crippen molar-refractivity contribution in [2.75, 3.05) is 0 Å². The van der Waals surface area contributed by atoms with Crippen molar-refractivity contribution >= 4 is 10.2 Å². The molecule has 10 heavy (non-hydrogen) atoms. The van der Waals surface area contributed by atoms with Gasteiger partial charge in [-0.05, 0) is 5.92 Å². The van der Waals surface area contributed by atoms with Crippen molar-refractivity contribution in [2.45, 2.75) is 52.0 Å². The van der Waals surface area contributed by atoms with E-state index in [0.29, 0.717) is 0 Å². The molecule has 0 bridgehead atoms. The summed E-state index contributed by atoms with van der Waals surface area (Å²) in [4.78, 5) is 0. The Kier molecular flexibility index (Phi) is 7.48. The first-order valence-electron chi connectivity index (χ1n) is 4.85. The van der Waals surface area contributed by atoms with Gasteiger partial charge in [-0.2, -0.15) is 0 Å². The molecule has 0 aliphatic carbocycles. The third kappa shape index (κ3) is 5.04. The van der Waals surface area contributed by atoms with Crippen molar-refractivity contribution in [3.63, 3.8) is 0 Å². The fraction of sp³-hybridized carbons (Fsp3) is 1.00. The van der Waals surface area contributed by atoms with Gasteiger partial charge < -0.3 is 0 Å². The van der Waals surface area contributed by atoms with Crippen LogP contribution in [0.2, 0.25) is 6.04 Å². The van der Waals surface area contributed by atoms with Crippen LogP contribution in [0, 0.1) is 5.92 Å². The smallest absolute Gasteiger partial charge is 0.00281 e. The van der Waals surface area contributed by atoms with E-state index in [1.807, 2.05) is 0 Å². The van der Waals surface area contributed by atoms with Gasteiger partial charge in [-0.25, -0.2) is 0 Å². The fourth-order valence-corrected chi connectivity index (χ4v) is 2.27. The molecule has 1 atom stereocenters. The third-order valence-corrected chi connectivity index (χ3v) is 2.82. The minimum absolute atomic E-state index is 1.05. The molecule has 0 aromatic rings. The summed E-state index contributed by atoms with van der Waals surface area (Å²) in [6.07, 6.45) is 7.21. The first-order valence-corrected chi connectivity index (χ1v) is 6.26. The Morgan fingerprint density at radius 1 is 1.20 bits per heavy atom.